The van der Waals surface area contributed by atoms with Crippen molar-refractivity contribution in [2.75, 3.05) is 18.5 Å². The Hall–Kier alpha value is -3.52. The molecule has 0 saturated carbocycles. The molecule has 3 aromatic rings. The predicted octanol–water partition coefficient (Wildman–Crippen LogP) is 3.18. The number of thiazole rings is 1. The first-order valence-corrected chi connectivity index (χ1v) is 9.26. The van der Waals surface area contributed by atoms with E-state index >= 15 is 0 Å². The van der Waals surface area contributed by atoms with Crippen LogP contribution in [0.1, 0.15) is 20.8 Å². The maximum atomic E-state index is 12.3. The zero-order valence-corrected chi connectivity index (χ0v) is 15.3. The first-order valence-electron chi connectivity index (χ1n) is 8.38. The first-order chi connectivity index (χ1) is 13.6. The van der Waals surface area contributed by atoms with Crippen LogP contribution < -0.4 is 10.1 Å². The van der Waals surface area contributed by atoms with E-state index in [-0.39, 0.29) is 18.2 Å². The van der Waals surface area contributed by atoms with E-state index in [1.54, 1.807) is 17.5 Å². The van der Waals surface area contributed by atoms with E-state index in [9.17, 15) is 14.4 Å². The van der Waals surface area contributed by atoms with Gasteiger partial charge in [0.2, 0.25) is 0 Å². The van der Waals surface area contributed by atoms with E-state index in [1.165, 1.54) is 17.4 Å². The number of carbonyl (C=O) groups is 3. The highest BCUT2D eigenvalue weighted by atomic mass is 32.1. The molecule has 2 heterocycles. The molecular weight excluding hydrogens is 380 g/mol. The van der Waals surface area contributed by atoms with Crippen LogP contribution >= 0.6 is 11.3 Å². The molecule has 0 unspecified atom stereocenters. The van der Waals surface area contributed by atoms with Crippen LogP contribution in [0, 0.1) is 0 Å². The van der Waals surface area contributed by atoms with Crippen LogP contribution in [-0.4, -0.2) is 35.9 Å². The van der Waals surface area contributed by atoms with Crippen LogP contribution in [0.4, 0.5) is 5.69 Å². The highest BCUT2D eigenvalue weighted by molar-refractivity contribution is 7.13. The van der Waals surface area contributed by atoms with Gasteiger partial charge < -0.3 is 14.8 Å². The number of Topliss-reactive ketones (excluding diaryl/α,β-unsaturated/α-hetero) is 1. The van der Waals surface area contributed by atoms with Crippen molar-refractivity contribution >= 4 is 34.7 Å². The van der Waals surface area contributed by atoms with E-state index in [0.717, 1.165) is 5.56 Å². The molecule has 0 atom stereocenters. The topological polar surface area (TPSA) is 94.6 Å². The molecular formula is C20H14N2O5S. The molecule has 7 nitrogen and oxygen atoms in total. The number of amides is 1. The summed E-state index contributed by atoms with van der Waals surface area (Å²) in [5.74, 6) is -0.860. The van der Waals surface area contributed by atoms with E-state index in [4.69, 9.17) is 9.47 Å². The number of aromatic nitrogens is 1. The molecule has 8 heteroatoms. The van der Waals surface area contributed by atoms with Gasteiger partial charge in [-0.1, -0.05) is 30.3 Å². The molecule has 4 rings (SSSR count). The third-order valence-corrected chi connectivity index (χ3v) is 4.89. The summed E-state index contributed by atoms with van der Waals surface area (Å²) in [7, 11) is 0. The van der Waals surface area contributed by atoms with Crippen molar-refractivity contribution in [3.8, 4) is 16.3 Å². The molecule has 0 saturated heterocycles. The second-order valence-electron chi connectivity index (χ2n) is 5.95. The SMILES string of the molecule is O=C1COc2ccc(C(=O)COC(=O)c3csc(-c4ccccc4)n3)cc2N1. The molecule has 2 aromatic carbocycles. The molecule has 1 N–H and O–H groups in total. The smallest absolute Gasteiger partial charge is 0.358 e. The van der Waals surface area contributed by atoms with Crippen LogP contribution in [0.15, 0.2) is 53.9 Å². The van der Waals surface area contributed by atoms with Crippen LogP contribution in [0.5, 0.6) is 5.75 Å². The van der Waals surface area contributed by atoms with Crippen molar-refractivity contribution in [2.45, 2.75) is 0 Å². The summed E-state index contributed by atoms with van der Waals surface area (Å²) in [6, 6.07) is 14.1. The van der Waals surface area contributed by atoms with Crippen molar-refractivity contribution in [3.63, 3.8) is 0 Å². The van der Waals surface area contributed by atoms with Gasteiger partial charge in [-0.15, -0.1) is 11.3 Å². The quantitative estimate of drug-likeness (QED) is 0.528. The zero-order chi connectivity index (χ0) is 19.5. The highest BCUT2D eigenvalue weighted by Gasteiger charge is 2.19. The summed E-state index contributed by atoms with van der Waals surface area (Å²) in [5, 5.41) is 4.93. The number of carbonyl (C=O) groups excluding carboxylic acids is 3. The minimum absolute atomic E-state index is 0.0590. The molecule has 0 bridgehead atoms. The molecule has 1 aliphatic heterocycles. The minimum Gasteiger partial charge on any atom is -0.482 e. The second-order valence-corrected chi connectivity index (χ2v) is 6.81. The number of fused-ring (bicyclic) bond motifs is 1. The van der Waals surface area contributed by atoms with Gasteiger partial charge in [-0.2, -0.15) is 0 Å². The van der Waals surface area contributed by atoms with Crippen molar-refractivity contribution in [2.24, 2.45) is 0 Å². The highest BCUT2D eigenvalue weighted by Crippen LogP contribution is 2.28. The second kappa shape index (κ2) is 7.61. The Morgan fingerprint density at radius 2 is 2.00 bits per heavy atom. The van der Waals surface area contributed by atoms with Crippen LogP contribution in [0.3, 0.4) is 0 Å². The lowest BCUT2D eigenvalue weighted by Crippen LogP contribution is -2.25. The third kappa shape index (κ3) is 3.77. The number of ether oxygens (including phenoxy) is 2. The Kier molecular flexibility index (Phi) is 4.86. The molecule has 1 aliphatic rings. The maximum Gasteiger partial charge on any atom is 0.358 e. The number of benzene rings is 2. The number of rotatable bonds is 5. The Morgan fingerprint density at radius 1 is 1.18 bits per heavy atom. The van der Waals surface area contributed by atoms with Gasteiger partial charge in [-0.3, -0.25) is 9.59 Å². The molecule has 1 amide bonds. The summed E-state index contributed by atoms with van der Waals surface area (Å²) in [5.41, 5.74) is 1.78. The monoisotopic (exact) mass is 394 g/mol. The molecule has 0 fully saturated rings. The van der Waals surface area contributed by atoms with Gasteiger partial charge in [-0.25, -0.2) is 9.78 Å². The lowest BCUT2D eigenvalue weighted by Gasteiger charge is -2.18. The first kappa shape index (κ1) is 17.9. The fourth-order valence-electron chi connectivity index (χ4n) is 2.63. The summed E-state index contributed by atoms with van der Waals surface area (Å²) in [6.07, 6.45) is 0. The summed E-state index contributed by atoms with van der Waals surface area (Å²) < 4.78 is 10.3. The Bertz CT molecular complexity index is 1060. The third-order valence-electron chi connectivity index (χ3n) is 4.00. The van der Waals surface area contributed by atoms with E-state index in [2.05, 4.69) is 10.3 Å². The number of esters is 1. The normalized spacial score (nSPS) is 12.5. The van der Waals surface area contributed by atoms with Crippen molar-refractivity contribution in [1.82, 2.24) is 4.98 Å². The average Bonchev–Trinajstić information content (AvgIpc) is 3.22. The van der Waals surface area contributed by atoms with Gasteiger partial charge in [0.05, 0.1) is 5.69 Å². The molecule has 0 aliphatic carbocycles. The Labute approximate surface area is 163 Å². The summed E-state index contributed by atoms with van der Waals surface area (Å²) >= 11 is 1.33. The fourth-order valence-corrected chi connectivity index (χ4v) is 3.42. The van der Waals surface area contributed by atoms with Crippen LogP contribution in [0.2, 0.25) is 0 Å². The van der Waals surface area contributed by atoms with Gasteiger partial charge >= 0.3 is 5.97 Å². The van der Waals surface area contributed by atoms with E-state index < -0.39 is 18.4 Å². The number of nitrogens with one attached hydrogen (secondary N) is 1. The molecule has 1 aromatic heterocycles. The average molecular weight is 394 g/mol. The van der Waals surface area contributed by atoms with E-state index in [1.807, 2.05) is 30.3 Å². The van der Waals surface area contributed by atoms with Gasteiger partial charge in [0, 0.05) is 16.5 Å². The molecule has 0 radical (unpaired) electrons. The zero-order valence-electron chi connectivity index (χ0n) is 14.5. The largest absolute Gasteiger partial charge is 0.482 e. The number of anilines is 1. The standard InChI is InChI=1S/C20H14N2O5S/c23-16(13-6-7-17-14(8-13)21-18(24)10-26-17)9-27-20(25)15-11-28-19(22-15)12-4-2-1-3-5-12/h1-8,11H,9-10H2,(H,21,24). The predicted molar refractivity (Wildman–Crippen MR) is 103 cm³/mol. The van der Waals surface area contributed by atoms with Crippen molar-refractivity contribution in [3.05, 3.63) is 65.2 Å². The summed E-state index contributed by atoms with van der Waals surface area (Å²) in [6.45, 7) is -0.485. The van der Waals surface area contributed by atoms with Crippen molar-refractivity contribution in [1.29, 1.82) is 0 Å². The summed E-state index contributed by atoms with van der Waals surface area (Å²) in [4.78, 5) is 40.2. The van der Waals surface area contributed by atoms with Crippen molar-refractivity contribution < 1.29 is 23.9 Å². The van der Waals surface area contributed by atoms with E-state index in [0.29, 0.717) is 22.0 Å². The van der Waals surface area contributed by atoms with Gasteiger partial charge in [0.25, 0.3) is 5.91 Å². The van der Waals surface area contributed by atoms with Gasteiger partial charge in [0.1, 0.15) is 10.8 Å². The number of ketones is 1. The lowest BCUT2D eigenvalue weighted by molar-refractivity contribution is -0.118. The Balaban J connectivity index is 1.40. The number of nitrogens with zero attached hydrogens (tertiary/aromatic N) is 1. The molecule has 0 spiro atoms. The van der Waals surface area contributed by atoms with Crippen LogP contribution in [0.25, 0.3) is 10.6 Å². The Morgan fingerprint density at radius 3 is 2.82 bits per heavy atom. The molecule has 28 heavy (non-hydrogen) atoms. The fraction of sp³-hybridized carbons (Fsp3) is 0.100. The molecule has 140 valence electrons. The van der Waals surface area contributed by atoms with Gasteiger partial charge in [-0.05, 0) is 18.2 Å². The maximum absolute atomic E-state index is 12.3. The number of hydrogen-bond donors (Lipinski definition) is 1. The number of hydrogen-bond acceptors (Lipinski definition) is 7. The lowest BCUT2D eigenvalue weighted by atomic mass is 10.1. The minimum atomic E-state index is -0.665. The van der Waals surface area contributed by atoms with Gasteiger partial charge in [0.15, 0.2) is 24.7 Å². The van der Waals surface area contributed by atoms with Crippen LogP contribution in [-0.2, 0) is 9.53 Å².